The number of unbranched alkanes of at least 4 members (excludes halogenated alkanes) is 1. The van der Waals surface area contributed by atoms with Crippen molar-refractivity contribution in [3.63, 3.8) is 0 Å². The summed E-state index contributed by atoms with van der Waals surface area (Å²) >= 11 is 0. The van der Waals surface area contributed by atoms with Gasteiger partial charge >= 0.3 is 0 Å². The number of carbonyl (C=O) groups is 1. The maximum atomic E-state index is 13.5. The van der Waals surface area contributed by atoms with Gasteiger partial charge in [0.25, 0.3) is 11.5 Å². The second kappa shape index (κ2) is 13.4. The number of nitrogens with one attached hydrogen (secondary N) is 1. The quantitative estimate of drug-likeness (QED) is 0.242. The van der Waals surface area contributed by atoms with E-state index < -0.39 is 23.1 Å². The molecule has 8 nitrogen and oxygen atoms in total. The minimum absolute atomic E-state index is 0.00332. The third kappa shape index (κ3) is 7.48. The zero-order valence-electron chi connectivity index (χ0n) is 22.3. The molecule has 0 unspecified atom stereocenters. The molecule has 4 rings (SSSR count). The Morgan fingerprint density at radius 3 is 2.75 bits per heavy atom. The highest BCUT2D eigenvalue weighted by Gasteiger charge is 2.13. The number of nitrogens with zero attached hydrogens (tertiary/aromatic N) is 4. The number of aromatic nitrogens is 3. The maximum Gasteiger partial charge on any atom is 0.266 e. The fraction of sp³-hybridized carbons (Fsp3) is 0.267. The number of halogens is 2. The second-order valence-corrected chi connectivity index (χ2v) is 9.37. The van der Waals surface area contributed by atoms with E-state index >= 15 is 0 Å². The zero-order chi connectivity index (χ0) is 28.5. The first-order valence-electron chi connectivity index (χ1n) is 12.7. The van der Waals surface area contributed by atoms with Crippen LogP contribution in [0.15, 0.2) is 66.0 Å². The molecule has 0 aliphatic heterocycles. The zero-order valence-corrected chi connectivity index (χ0v) is 22.3. The molecule has 0 saturated carbocycles. The number of rotatable bonds is 10. The maximum absolute atomic E-state index is 13.5. The van der Waals surface area contributed by atoms with Gasteiger partial charge in [-0.05, 0) is 75.4 Å². The standard InChI is InChI=1S/C30H29F2N5O3/c1-36(2)14-3-4-15-40-28-11-13-34-27-10-8-21(16-23(27)28)6-5-12-35-29(38)24-18-33-20-37(30(24)39)19-22-7-9-25(31)26(32)17-22/h7-11,13,16-18,20H,3-4,12,14-15,19H2,1-2H3,(H,35,38). The van der Waals surface area contributed by atoms with Crippen molar-refractivity contribution in [1.82, 2.24) is 24.8 Å². The molecule has 4 aromatic rings. The van der Waals surface area contributed by atoms with Crippen LogP contribution in [0.5, 0.6) is 5.75 Å². The normalized spacial score (nSPS) is 10.8. The average molecular weight is 546 g/mol. The molecule has 10 heteroatoms. The molecule has 2 aromatic carbocycles. The van der Waals surface area contributed by atoms with Crippen LogP contribution in [-0.2, 0) is 6.54 Å². The SMILES string of the molecule is CN(C)CCCCOc1ccnc2ccc(C#CCNC(=O)c3cncn(Cc4ccc(F)c(F)c4)c3=O)cc12. The van der Waals surface area contributed by atoms with Crippen LogP contribution in [0.2, 0.25) is 0 Å². The van der Waals surface area contributed by atoms with Gasteiger partial charge in [-0.3, -0.25) is 19.1 Å². The summed E-state index contributed by atoms with van der Waals surface area (Å²) in [4.78, 5) is 35.8. The van der Waals surface area contributed by atoms with E-state index in [2.05, 4.69) is 32.0 Å². The van der Waals surface area contributed by atoms with Gasteiger partial charge in [-0.15, -0.1) is 0 Å². The van der Waals surface area contributed by atoms with Crippen molar-refractivity contribution < 1.29 is 18.3 Å². The van der Waals surface area contributed by atoms with Gasteiger partial charge in [0.15, 0.2) is 11.6 Å². The van der Waals surface area contributed by atoms with Crippen molar-refractivity contribution in [1.29, 1.82) is 0 Å². The molecule has 0 bridgehead atoms. The van der Waals surface area contributed by atoms with E-state index in [9.17, 15) is 18.4 Å². The summed E-state index contributed by atoms with van der Waals surface area (Å²) < 4.78 is 33.8. The topological polar surface area (TPSA) is 89.3 Å². The van der Waals surface area contributed by atoms with Crippen molar-refractivity contribution in [3.8, 4) is 17.6 Å². The number of amides is 1. The molecule has 0 aliphatic rings. The number of ether oxygens (including phenoxy) is 1. The number of pyridine rings is 1. The van der Waals surface area contributed by atoms with E-state index in [1.165, 1.54) is 12.4 Å². The van der Waals surface area contributed by atoms with Crippen LogP contribution in [-0.4, -0.2) is 59.1 Å². The van der Waals surface area contributed by atoms with Crippen LogP contribution in [0.3, 0.4) is 0 Å². The van der Waals surface area contributed by atoms with Crippen LogP contribution in [0.4, 0.5) is 8.78 Å². The van der Waals surface area contributed by atoms with Crippen LogP contribution in [0.25, 0.3) is 10.9 Å². The van der Waals surface area contributed by atoms with E-state index in [0.29, 0.717) is 12.2 Å². The molecule has 0 fully saturated rings. The van der Waals surface area contributed by atoms with Crippen molar-refractivity contribution in [2.45, 2.75) is 19.4 Å². The summed E-state index contributed by atoms with van der Waals surface area (Å²) in [5, 5.41) is 3.45. The molecule has 40 heavy (non-hydrogen) atoms. The summed E-state index contributed by atoms with van der Waals surface area (Å²) in [5.74, 6) is 3.99. The molecule has 2 aromatic heterocycles. The lowest BCUT2D eigenvalue weighted by molar-refractivity contribution is 0.0956. The highest BCUT2D eigenvalue weighted by atomic mass is 19.2. The first kappa shape index (κ1) is 28.4. The minimum atomic E-state index is -1.02. The average Bonchev–Trinajstić information content (AvgIpc) is 2.94. The molecule has 0 atom stereocenters. The fourth-order valence-corrected chi connectivity index (χ4v) is 3.96. The molecule has 0 saturated heterocycles. The smallest absolute Gasteiger partial charge is 0.266 e. The molecule has 2 heterocycles. The van der Waals surface area contributed by atoms with Gasteiger partial charge < -0.3 is 15.0 Å². The van der Waals surface area contributed by atoms with Crippen LogP contribution < -0.4 is 15.6 Å². The van der Waals surface area contributed by atoms with E-state index in [1.54, 1.807) is 6.20 Å². The lowest BCUT2D eigenvalue weighted by Crippen LogP contribution is -2.33. The molecule has 1 amide bonds. The summed E-state index contributed by atoms with van der Waals surface area (Å²) in [7, 11) is 4.09. The predicted molar refractivity (Wildman–Crippen MR) is 148 cm³/mol. The van der Waals surface area contributed by atoms with Gasteiger partial charge in [-0.2, -0.15) is 0 Å². The number of hydrogen-bond acceptors (Lipinski definition) is 6. The van der Waals surface area contributed by atoms with Crippen LogP contribution in [0, 0.1) is 23.5 Å². The Morgan fingerprint density at radius 1 is 1.10 bits per heavy atom. The van der Waals surface area contributed by atoms with Gasteiger partial charge in [0.2, 0.25) is 0 Å². The Hall–Kier alpha value is -4.62. The molecule has 0 spiro atoms. The van der Waals surface area contributed by atoms with Crippen LogP contribution >= 0.6 is 0 Å². The Labute approximate surface area is 230 Å². The van der Waals surface area contributed by atoms with Gasteiger partial charge in [-0.25, -0.2) is 13.8 Å². The first-order chi connectivity index (χ1) is 19.3. The van der Waals surface area contributed by atoms with Crippen molar-refractivity contribution in [2.24, 2.45) is 0 Å². The molecule has 0 aliphatic carbocycles. The molecule has 0 radical (unpaired) electrons. The van der Waals surface area contributed by atoms with Crippen molar-refractivity contribution in [3.05, 3.63) is 99.9 Å². The molecular formula is C30H29F2N5O3. The Morgan fingerprint density at radius 2 is 1.95 bits per heavy atom. The Balaban J connectivity index is 1.38. The lowest BCUT2D eigenvalue weighted by Gasteiger charge is -2.11. The summed E-state index contributed by atoms with van der Waals surface area (Å²) in [5.41, 5.74) is 1.08. The second-order valence-electron chi connectivity index (χ2n) is 9.37. The highest BCUT2D eigenvalue weighted by Crippen LogP contribution is 2.25. The van der Waals surface area contributed by atoms with E-state index in [0.717, 1.165) is 64.5 Å². The largest absolute Gasteiger partial charge is 0.493 e. The number of fused-ring (bicyclic) bond motifs is 1. The Kier molecular flexibility index (Phi) is 9.54. The highest BCUT2D eigenvalue weighted by molar-refractivity contribution is 5.93. The van der Waals surface area contributed by atoms with Crippen molar-refractivity contribution in [2.75, 3.05) is 33.8 Å². The third-order valence-electron chi connectivity index (χ3n) is 6.01. The number of carbonyl (C=O) groups excluding carboxylic acids is 1. The monoisotopic (exact) mass is 545 g/mol. The van der Waals surface area contributed by atoms with E-state index in [-0.39, 0.29) is 18.7 Å². The van der Waals surface area contributed by atoms with E-state index in [1.807, 2.05) is 38.4 Å². The first-order valence-corrected chi connectivity index (χ1v) is 12.7. The summed E-state index contributed by atoms with van der Waals surface area (Å²) in [6, 6.07) is 10.8. The van der Waals surface area contributed by atoms with Gasteiger partial charge in [0.05, 0.1) is 31.5 Å². The summed E-state index contributed by atoms with van der Waals surface area (Å²) in [6.45, 7) is 1.54. The number of hydrogen-bond donors (Lipinski definition) is 1. The van der Waals surface area contributed by atoms with E-state index in [4.69, 9.17) is 4.74 Å². The third-order valence-corrected chi connectivity index (χ3v) is 6.01. The Bertz CT molecular complexity index is 1630. The number of benzene rings is 2. The lowest BCUT2D eigenvalue weighted by atomic mass is 10.1. The fourth-order valence-electron chi connectivity index (χ4n) is 3.96. The molecule has 1 N–H and O–H groups in total. The minimum Gasteiger partial charge on any atom is -0.493 e. The molecular weight excluding hydrogens is 516 g/mol. The van der Waals surface area contributed by atoms with Gasteiger partial charge in [0, 0.05) is 23.3 Å². The van der Waals surface area contributed by atoms with Crippen LogP contribution in [0.1, 0.15) is 34.3 Å². The molecule has 206 valence electrons. The summed E-state index contributed by atoms with van der Waals surface area (Å²) in [6.07, 6.45) is 6.08. The van der Waals surface area contributed by atoms with Gasteiger partial charge in [-0.1, -0.05) is 17.9 Å². The predicted octanol–water partition coefficient (Wildman–Crippen LogP) is 3.62. The van der Waals surface area contributed by atoms with Gasteiger partial charge in [0.1, 0.15) is 11.3 Å². The van der Waals surface area contributed by atoms with Crippen molar-refractivity contribution >= 4 is 16.8 Å².